The summed E-state index contributed by atoms with van der Waals surface area (Å²) >= 11 is 0. The summed E-state index contributed by atoms with van der Waals surface area (Å²) in [6, 6.07) is 2.38. The molecule has 0 aromatic carbocycles. The van der Waals surface area contributed by atoms with E-state index >= 15 is 0 Å². The maximum absolute atomic E-state index is 12.9. The van der Waals surface area contributed by atoms with Crippen LogP contribution in [0.2, 0.25) is 0 Å². The molecule has 3 rings (SSSR count). The van der Waals surface area contributed by atoms with Gasteiger partial charge in [0.2, 0.25) is 0 Å². The van der Waals surface area contributed by atoms with Crippen molar-refractivity contribution in [3.63, 3.8) is 0 Å². The maximum atomic E-state index is 12.9. The Hall–Kier alpha value is -2.49. The SMILES string of the molecule is CCc1cnc(-c2nc3cc(C(F)(F)F)ncc3n2C)c(S(=O)(=O)CC)c1. The van der Waals surface area contributed by atoms with Gasteiger partial charge in [-0.25, -0.2) is 18.4 Å². The van der Waals surface area contributed by atoms with Crippen molar-refractivity contribution in [1.29, 1.82) is 0 Å². The first kappa shape index (κ1) is 19.3. The molecule has 6 nitrogen and oxygen atoms in total. The topological polar surface area (TPSA) is 77.7 Å². The van der Waals surface area contributed by atoms with Gasteiger partial charge in [-0.1, -0.05) is 13.8 Å². The van der Waals surface area contributed by atoms with Crippen LogP contribution in [0.4, 0.5) is 13.2 Å². The summed E-state index contributed by atoms with van der Waals surface area (Å²) in [5.41, 5.74) is 0.206. The first-order valence-corrected chi connectivity index (χ1v) is 9.85. The summed E-state index contributed by atoms with van der Waals surface area (Å²) in [7, 11) is -2.03. The zero-order valence-corrected chi connectivity index (χ0v) is 15.7. The van der Waals surface area contributed by atoms with Crippen molar-refractivity contribution in [2.75, 3.05) is 5.75 Å². The van der Waals surface area contributed by atoms with E-state index in [4.69, 9.17) is 0 Å². The summed E-state index contributed by atoms with van der Waals surface area (Å²) in [5.74, 6) is 0.0410. The van der Waals surface area contributed by atoms with Gasteiger partial charge in [0.15, 0.2) is 15.7 Å². The van der Waals surface area contributed by atoms with Crippen LogP contribution in [0.3, 0.4) is 0 Å². The molecule has 0 spiro atoms. The van der Waals surface area contributed by atoms with E-state index in [1.54, 1.807) is 19.3 Å². The summed E-state index contributed by atoms with van der Waals surface area (Å²) in [6.45, 7) is 3.39. The molecule has 0 unspecified atom stereocenters. The molecular weight excluding hydrogens is 381 g/mol. The van der Waals surface area contributed by atoms with E-state index in [9.17, 15) is 21.6 Å². The highest BCUT2D eigenvalue weighted by molar-refractivity contribution is 7.91. The minimum absolute atomic E-state index is 0.0201. The van der Waals surface area contributed by atoms with Crippen molar-refractivity contribution in [3.05, 3.63) is 35.8 Å². The van der Waals surface area contributed by atoms with Crippen molar-refractivity contribution in [2.24, 2.45) is 7.05 Å². The van der Waals surface area contributed by atoms with Crippen molar-refractivity contribution >= 4 is 20.9 Å². The van der Waals surface area contributed by atoms with Crippen LogP contribution < -0.4 is 0 Å². The minimum atomic E-state index is -4.59. The van der Waals surface area contributed by atoms with E-state index in [1.807, 2.05) is 6.92 Å². The van der Waals surface area contributed by atoms with Crippen LogP contribution in [0.5, 0.6) is 0 Å². The van der Waals surface area contributed by atoms with Crippen LogP contribution >= 0.6 is 0 Å². The first-order chi connectivity index (χ1) is 12.6. The normalized spacial score (nSPS) is 12.7. The lowest BCUT2D eigenvalue weighted by Gasteiger charge is -2.10. The van der Waals surface area contributed by atoms with E-state index in [0.29, 0.717) is 11.9 Å². The Balaban J connectivity index is 2.28. The van der Waals surface area contributed by atoms with E-state index in [2.05, 4.69) is 15.0 Å². The largest absolute Gasteiger partial charge is 0.433 e. The molecule has 3 heterocycles. The Labute approximate surface area is 154 Å². The second-order valence-electron chi connectivity index (χ2n) is 6.00. The van der Waals surface area contributed by atoms with Gasteiger partial charge >= 0.3 is 6.18 Å². The zero-order valence-electron chi connectivity index (χ0n) is 14.9. The average Bonchev–Trinajstić information content (AvgIpc) is 2.96. The third kappa shape index (κ3) is 3.41. The Morgan fingerprint density at radius 2 is 1.81 bits per heavy atom. The fourth-order valence-electron chi connectivity index (χ4n) is 2.69. The number of rotatable bonds is 4. The third-order valence-corrected chi connectivity index (χ3v) is 6.04. The quantitative estimate of drug-likeness (QED) is 0.673. The average molecular weight is 398 g/mol. The Kier molecular flexibility index (Phi) is 4.71. The van der Waals surface area contributed by atoms with E-state index in [1.165, 1.54) is 11.5 Å². The Morgan fingerprint density at radius 1 is 1.11 bits per heavy atom. The number of nitrogens with zero attached hydrogens (tertiary/aromatic N) is 4. The molecule has 0 radical (unpaired) electrons. The lowest BCUT2D eigenvalue weighted by molar-refractivity contribution is -0.141. The number of fused-ring (bicyclic) bond motifs is 1. The number of sulfone groups is 1. The van der Waals surface area contributed by atoms with E-state index < -0.39 is 21.7 Å². The number of aryl methyl sites for hydroxylation is 2. The summed E-state index contributed by atoms with van der Waals surface area (Å²) in [6.07, 6.45) is -1.38. The summed E-state index contributed by atoms with van der Waals surface area (Å²) in [5, 5.41) is 0. The molecule has 0 aliphatic carbocycles. The van der Waals surface area contributed by atoms with Gasteiger partial charge in [-0.15, -0.1) is 0 Å². The molecule has 0 saturated carbocycles. The molecule has 0 bridgehead atoms. The molecule has 0 fully saturated rings. The predicted octanol–water partition coefficient (Wildman–Crippen LogP) is 3.41. The number of aromatic nitrogens is 4. The highest BCUT2D eigenvalue weighted by Gasteiger charge is 2.33. The van der Waals surface area contributed by atoms with Gasteiger partial charge in [-0.05, 0) is 24.1 Å². The van der Waals surface area contributed by atoms with Crippen LogP contribution in [0, 0.1) is 0 Å². The first-order valence-electron chi connectivity index (χ1n) is 8.20. The molecule has 0 aliphatic rings. The Bertz CT molecular complexity index is 1120. The second-order valence-corrected chi connectivity index (χ2v) is 8.24. The second kappa shape index (κ2) is 6.59. The molecule has 0 aliphatic heterocycles. The predicted molar refractivity (Wildman–Crippen MR) is 93.8 cm³/mol. The maximum Gasteiger partial charge on any atom is 0.433 e. The highest BCUT2D eigenvalue weighted by atomic mass is 32.2. The Morgan fingerprint density at radius 3 is 2.41 bits per heavy atom. The van der Waals surface area contributed by atoms with Gasteiger partial charge in [-0.2, -0.15) is 13.2 Å². The van der Waals surface area contributed by atoms with Gasteiger partial charge in [0.1, 0.15) is 11.4 Å². The van der Waals surface area contributed by atoms with Gasteiger partial charge in [0.05, 0.1) is 27.9 Å². The molecular formula is C17H17F3N4O2S. The van der Waals surface area contributed by atoms with Gasteiger partial charge in [0, 0.05) is 13.2 Å². The number of pyridine rings is 2. The molecule has 27 heavy (non-hydrogen) atoms. The molecule has 0 amide bonds. The van der Waals surface area contributed by atoms with Crippen LogP contribution in [-0.4, -0.2) is 33.7 Å². The molecule has 0 N–H and O–H groups in total. The van der Waals surface area contributed by atoms with Crippen LogP contribution in [0.15, 0.2) is 29.4 Å². The number of hydrogen-bond donors (Lipinski definition) is 0. The van der Waals surface area contributed by atoms with Crippen LogP contribution in [0.1, 0.15) is 25.1 Å². The number of imidazole rings is 1. The molecule has 3 aromatic heterocycles. The summed E-state index contributed by atoms with van der Waals surface area (Å²) < 4.78 is 65.3. The zero-order chi connectivity index (χ0) is 20.0. The lowest BCUT2D eigenvalue weighted by Crippen LogP contribution is -2.09. The number of halogens is 3. The molecule has 10 heteroatoms. The van der Waals surface area contributed by atoms with Crippen LogP contribution in [0.25, 0.3) is 22.6 Å². The number of alkyl halides is 3. The van der Waals surface area contributed by atoms with Crippen molar-refractivity contribution in [3.8, 4) is 11.5 Å². The third-order valence-electron chi connectivity index (χ3n) is 4.30. The van der Waals surface area contributed by atoms with Crippen LogP contribution in [-0.2, 0) is 29.5 Å². The molecule has 3 aromatic rings. The molecule has 0 atom stereocenters. The number of hydrogen-bond acceptors (Lipinski definition) is 5. The summed E-state index contributed by atoms with van der Waals surface area (Å²) in [4.78, 5) is 11.9. The smallest absolute Gasteiger partial charge is 0.324 e. The molecule has 0 saturated heterocycles. The standard InChI is InChI=1S/C17H17F3N4O2S/c1-4-10-6-13(27(25,26)5-2)15(22-8-10)16-23-11-7-14(17(18,19)20)21-9-12(11)24(16)3/h6-9H,4-5H2,1-3H3. The fourth-order valence-corrected chi connectivity index (χ4v) is 3.77. The minimum Gasteiger partial charge on any atom is -0.324 e. The highest BCUT2D eigenvalue weighted by Crippen LogP contribution is 2.32. The lowest BCUT2D eigenvalue weighted by atomic mass is 10.2. The van der Waals surface area contributed by atoms with E-state index in [-0.39, 0.29) is 27.7 Å². The van der Waals surface area contributed by atoms with E-state index in [0.717, 1.165) is 17.8 Å². The monoisotopic (exact) mass is 398 g/mol. The van der Waals surface area contributed by atoms with Crippen molar-refractivity contribution in [1.82, 2.24) is 19.5 Å². The van der Waals surface area contributed by atoms with Gasteiger partial charge in [0.25, 0.3) is 0 Å². The van der Waals surface area contributed by atoms with Gasteiger partial charge < -0.3 is 4.57 Å². The fraction of sp³-hybridized carbons (Fsp3) is 0.353. The van der Waals surface area contributed by atoms with Crippen molar-refractivity contribution < 1.29 is 21.6 Å². The van der Waals surface area contributed by atoms with Crippen molar-refractivity contribution in [2.45, 2.75) is 31.3 Å². The molecule has 144 valence electrons. The van der Waals surface area contributed by atoms with Gasteiger partial charge in [-0.3, -0.25) is 4.98 Å².